The first kappa shape index (κ1) is 20.6. The summed E-state index contributed by atoms with van der Waals surface area (Å²) >= 11 is 0. The Kier molecular flexibility index (Phi) is 8.23. The normalized spacial score (nSPS) is 17.0. The average molecular weight is 361 g/mol. The van der Waals surface area contributed by atoms with Crippen LogP contribution < -0.4 is 15.4 Å². The van der Waals surface area contributed by atoms with Gasteiger partial charge in [0.25, 0.3) is 0 Å². The zero-order valence-corrected chi connectivity index (χ0v) is 17.1. The number of likely N-dealkylation sites (tertiary alicyclic amines) is 1. The second-order valence-corrected chi connectivity index (χ2v) is 7.83. The van der Waals surface area contributed by atoms with Gasteiger partial charge in [-0.15, -0.1) is 0 Å². The van der Waals surface area contributed by atoms with Crippen molar-refractivity contribution < 1.29 is 4.74 Å². The van der Waals surface area contributed by atoms with E-state index in [-0.39, 0.29) is 0 Å². The second-order valence-electron chi connectivity index (χ2n) is 7.83. The summed E-state index contributed by atoms with van der Waals surface area (Å²) in [6.07, 6.45) is 2.33. The summed E-state index contributed by atoms with van der Waals surface area (Å²) in [5.74, 6) is 2.34. The van der Waals surface area contributed by atoms with Gasteiger partial charge in [0, 0.05) is 38.8 Å². The third-order valence-corrected chi connectivity index (χ3v) is 4.77. The molecule has 5 nitrogen and oxygen atoms in total. The second kappa shape index (κ2) is 10.4. The summed E-state index contributed by atoms with van der Waals surface area (Å²) in [6, 6.07) is 9.41. The van der Waals surface area contributed by atoms with Gasteiger partial charge in [-0.2, -0.15) is 0 Å². The van der Waals surface area contributed by atoms with Crippen molar-refractivity contribution in [1.82, 2.24) is 15.5 Å². The number of piperidine rings is 1. The molecule has 2 N–H and O–H groups in total. The van der Waals surface area contributed by atoms with E-state index in [1.54, 1.807) is 0 Å². The Balaban J connectivity index is 1.79. The molecule has 0 saturated carbocycles. The van der Waals surface area contributed by atoms with Gasteiger partial charge in [-0.1, -0.05) is 26.0 Å². The van der Waals surface area contributed by atoms with E-state index in [0.29, 0.717) is 18.0 Å². The molecule has 26 heavy (non-hydrogen) atoms. The van der Waals surface area contributed by atoms with Crippen molar-refractivity contribution >= 4 is 5.96 Å². The lowest BCUT2D eigenvalue weighted by Gasteiger charge is -2.35. The van der Waals surface area contributed by atoms with Gasteiger partial charge in [0.05, 0.1) is 6.61 Å². The van der Waals surface area contributed by atoms with Crippen LogP contribution in [0.15, 0.2) is 29.3 Å². The molecule has 2 rings (SSSR count). The minimum atomic E-state index is 0.497. The molecule has 1 aromatic carbocycles. The fourth-order valence-electron chi connectivity index (χ4n) is 3.14. The number of aliphatic imine (C=N–C) groups is 1. The van der Waals surface area contributed by atoms with Gasteiger partial charge in [0.2, 0.25) is 0 Å². The topological polar surface area (TPSA) is 48.9 Å². The first-order valence-electron chi connectivity index (χ1n) is 9.91. The minimum Gasteiger partial charge on any atom is -0.493 e. The van der Waals surface area contributed by atoms with E-state index in [2.05, 4.69) is 60.4 Å². The van der Waals surface area contributed by atoms with Crippen molar-refractivity contribution in [2.24, 2.45) is 10.9 Å². The van der Waals surface area contributed by atoms with Crippen molar-refractivity contribution in [2.75, 3.05) is 26.7 Å². The summed E-state index contributed by atoms with van der Waals surface area (Å²) < 4.78 is 5.81. The smallest absolute Gasteiger partial charge is 0.191 e. The molecule has 1 aliphatic rings. The predicted octanol–water partition coefficient (Wildman–Crippen LogP) is 3.26. The van der Waals surface area contributed by atoms with Crippen LogP contribution in [0.25, 0.3) is 0 Å². The molecular formula is C21H36N4O. The summed E-state index contributed by atoms with van der Waals surface area (Å²) in [4.78, 5) is 6.92. The number of benzene rings is 1. The molecule has 1 aliphatic heterocycles. The predicted molar refractivity (Wildman–Crippen MR) is 110 cm³/mol. The highest BCUT2D eigenvalue weighted by atomic mass is 16.5. The molecule has 1 heterocycles. The molecular weight excluding hydrogens is 324 g/mol. The van der Waals surface area contributed by atoms with E-state index >= 15 is 0 Å². The van der Waals surface area contributed by atoms with Crippen molar-refractivity contribution in [3.8, 4) is 5.75 Å². The molecule has 1 saturated heterocycles. The van der Waals surface area contributed by atoms with Crippen LogP contribution in [-0.2, 0) is 6.54 Å². The van der Waals surface area contributed by atoms with Gasteiger partial charge in [0.1, 0.15) is 5.75 Å². The van der Waals surface area contributed by atoms with E-state index in [1.165, 1.54) is 5.56 Å². The molecule has 0 aromatic heterocycles. The highest BCUT2D eigenvalue weighted by molar-refractivity contribution is 5.79. The number of hydrogen-bond donors (Lipinski definition) is 2. The molecule has 0 spiro atoms. The lowest BCUT2D eigenvalue weighted by molar-refractivity contribution is 0.167. The van der Waals surface area contributed by atoms with Crippen molar-refractivity contribution in [3.05, 3.63) is 29.8 Å². The molecule has 0 atom stereocenters. The van der Waals surface area contributed by atoms with Crippen LogP contribution >= 0.6 is 0 Å². The molecule has 146 valence electrons. The molecule has 1 aromatic rings. The molecule has 0 aliphatic carbocycles. The van der Waals surface area contributed by atoms with Gasteiger partial charge in [0.15, 0.2) is 5.96 Å². The number of nitrogens with one attached hydrogen (secondary N) is 2. The van der Waals surface area contributed by atoms with E-state index in [1.807, 2.05) is 19.2 Å². The zero-order valence-electron chi connectivity index (χ0n) is 17.1. The van der Waals surface area contributed by atoms with Crippen molar-refractivity contribution in [1.29, 1.82) is 0 Å². The molecule has 0 radical (unpaired) electrons. The monoisotopic (exact) mass is 360 g/mol. The molecule has 5 heteroatoms. The molecule has 0 bridgehead atoms. The number of nitrogens with zero attached hydrogens (tertiary/aromatic N) is 2. The Bertz CT molecular complexity index is 563. The number of ether oxygens (including phenoxy) is 1. The standard InChI is InChI=1S/C21H36N4O/c1-16(2)15-26-20-8-6-7-18(13-20)14-23-21(22-5)24-19-9-11-25(12-10-19)17(3)4/h6-8,13,16-17,19H,9-12,14-15H2,1-5H3,(H2,22,23,24). The number of hydrogen-bond acceptors (Lipinski definition) is 3. The van der Waals surface area contributed by atoms with Crippen LogP contribution in [0.2, 0.25) is 0 Å². The lowest BCUT2D eigenvalue weighted by Crippen LogP contribution is -2.49. The highest BCUT2D eigenvalue weighted by Gasteiger charge is 2.21. The summed E-state index contributed by atoms with van der Waals surface area (Å²) in [5, 5.41) is 7.00. The minimum absolute atomic E-state index is 0.497. The number of guanidine groups is 1. The van der Waals surface area contributed by atoms with Gasteiger partial charge < -0.3 is 20.3 Å². The highest BCUT2D eigenvalue weighted by Crippen LogP contribution is 2.15. The van der Waals surface area contributed by atoms with Crippen LogP contribution in [0.1, 0.15) is 46.1 Å². The van der Waals surface area contributed by atoms with E-state index in [4.69, 9.17) is 4.74 Å². The average Bonchev–Trinajstić information content (AvgIpc) is 2.64. The van der Waals surface area contributed by atoms with Gasteiger partial charge in [-0.25, -0.2) is 0 Å². The number of rotatable bonds is 7. The van der Waals surface area contributed by atoms with Crippen LogP contribution in [0.4, 0.5) is 0 Å². The SMILES string of the molecule is CN=C(NCc1cccc(OCC(C)C)c1)NC1CCN(C(C)C)CC1. The van der Waals surface area contributed by atoms with Crippen LogP contribution in [0.3, 0.4) is 0 Å². The van der Waals surface area contributed by atoms with Crippen LogP contribution in [-0.4, -0.2) is 49.7 Å². The van der Waals surface area contributed by atoms with Crippen LogP contribution in [0.5, 0.6) is 5.75 Å². The first-order chi connectivity index (χ1) is 12.5. The Labute approximate surface area is 159 Å². The van der Waals surface area contributed by atoms with Gasteiger partial charge in [-0.05, 0) is 50.3 Å². The lowest BCUT2D eigenvalue weighted by atomic mass is 10.0. The maximum Gasteiger partial charge on any atom is 0.191 e. The third kappa shape index (κ3) is 6.87. The molecule has 0 amide bonds. The zero-order chi connectivity index (χ0) is 18.9. The Morgan fingerprint density at radius 1 is 1.23 bits per heavy atom. The maximum absolute atomic E-state index is 5.81. The van der Waals surface area contributed by atoms with E-state index < -0.39 is 0 Å². The quantitative estimate of drug-likeness (QED) is 0.579. The Morgan fingerprint density at radius 3 is 2.58 bits per heavy atom. The van der Waals surface area contributed by atoms with Gasteiger partial charge in [-0.3, -0.25) is 4.99 Å². The Hall–Kier alpha value is -1.75. The molecule has 0 unspecified atom stereocenters. The fourth-order valence-corrected chi connectivity index (χ4v) is 3.14. The van der Waals surface area contributed by atoms with Gasteiger partial charge >= 0.3 is 0 Å². The van der Waals surface area contributed by atoms with Crippen molar-refractivity contribution in [2.45, 2.75) is 59.2 Å². The van der Waals surface area contributed by atoms with E-state index in [0.717, 1.165) is 50.8 Å². The summed E-state index contributed by atoms with van der Waals surface area (Å²) in [7, 11) is 1.83. The maximum atomic E-state index is 5.81. The summed E-state index contributed by atoms with van der Waals surface area (Å²) in [5.41, 5.74) is 1.20. The van der Waals surface area contributed by atoms with Crippen LogP contribution in [0, 0.1) is 5.92 Å². The summed E-state index contributed by atoms with van der Waals surface area (Å²) in [6.45, 7) is 12.7. The van der Waals surface area contributed by atoms with E-state index in [9.17, 15) is 0 Å². The Morgan fingerprint density at radius 2 is 1.96 bits per heavy atom. The fraction of sp³-hybridized carbons (Fsp3) is 0.667. The molecule has 1 fully saturated rings. The van der Waals surface area contributed by atoms with Crippen molar-refractivity contribution in [3.63, 3.8) is 0 Å². The first-order valence-corrected chi connectivity index (χ1v) is 9.91. The largest absolute Gasteiger partial charge is 0.493 e. The third-order valence-electron chi connectivity index (χ3n) is 4.77.